The van der Waals surface area contributed by atoms with Gasteiger partial charge in [-0.25, -0.2) is 0 Å². The summed E-state index contributed by atoms with van der Waals surface area (Å²) in [5.41, 5.74) is 1.37. The highest BCUT2D eigenvalue weighted by molar-refractivity contribution is 7.99. The highest BCUT2D eigenvalue weighted by Crippen LogP contribution is 2.07. The van der Waals surface area contributed by atoms with Crippen LogP contribution in [0.3, 0.4) is 0 Å². The van der Waals surface area contributed by atoms with Gasteiger partial charge >= 0.3 is 0 Å². The van der Waals surface area contributed by atoms with E-state index in [0.29, 0.717) is 0 Å². The van der Waals surface area contributed by atoms with Gasteiger partial charge in [0.2, 0.25) is 0 Å². The van der Waals surface area contributed by atoms with Crippen molar-refractivity contribution < 1.29 is 4.74 Å². The normalized spacial score (nSPS) is 10.4. The van der Waals surface area contributed by atoms with E-state index in [0.717, 1.165) is 19.4 Å². The third-order valence-corrected chi connectivity index (χ3v) is 2.99. The summed E-state index contributed by atoms with van der Waals surface area (Å²) < 4.78 is 4.99. The van der Waals surface area contributed by atoms with Gasteiger partial charge in [-0.3, -0.25) is 4.98 Å². The molecule has 1 rings (SSSR count). The van der Waals surface area contributed by atoms with Gasteiger partial charge in [-0.2, -0.15) is 11.8 Å². The number of ether oxygens (including phenoxy) is 1. The zero-order chi connectivity index (χ0) is 10.1. The maximum absolute atomic E-state index is 4.99. The van der Waals surface area contributed by atoms with E-state index in [-0.39, 0.29) is 0 Å². The second-order valence-corrected chi connectivity index (χ2v) is 4.29. The second kappa shape index (κ2) is 7.83. The lowest BCUT2D eigenvalue weighted by atomic mass is 10.2. The summed E-state index contributed by atoms with van der Waals surface area (Å²) in [5, 5.41) is 0. The predicted molar refractivity (Wildman–Crippen MR) is 61.8 cm³/mol. The summed E-state index contributed by atoms with van der Waals surface area (Å²) >= 11 is 1.99. The second-order valence-electron chi connectivity index (χ2n) is 3.06. The maximum Gasteiger partial charge on any atom is 0.0470 e. The number of rotatable bonds is 7. The molecule has 14 heavy (non-hydrogen) atoms. The summed E-state index contributed by atoms with van der Waals surface area (Å²) in [6, 6.07) is 4.16. The minimum Gasteiger partial charge on any atom is -0.385 e. The molecule has 0 saturated carbocycles. The quantitative estimate of drug-likeness (QED) is 0.647. The van der Waals surface area contributed by atoms with Crippen LogP contribution < -0.4 is 0 Å². The molecule has 0 amide bonds. The van der Waals surface area contributed by atoms with Crippen LogP contribution in [0.2, 0.25) is 0 Å². The topological polar surface area (TPSA) is 22.1 Å². The molecule has 1 heterocycles. The smallest absolute Gasteiger partial charge is 0.0470 e. The molecule has 1 aromatic rings. The molecule has 0 fully saturated rings. The molecule has 0 spiro atoms. The minimum atomic E-state index is 0.877. The summed E-state index contributed by atoms with van der Waals surface area (Å²) in [6.45, 7) is 0.877. The Bertz CT molecular complexity index is 228. The van der Waals surface area contributed by atoms with E-state index in [2.05, 4.69) is 17.1 Å². The van der Waals surface area contributed by atoms with Crippen molar-refractivity contribution >= 4 is 11.8 Å². The van der Waals surface area contributed by atoms with Gasteiger partial charge in [0.15, 0.2) is 0 Å². The van der Waals surface area contributed by atoms with Crippen molar-refractivity contribution in [2.24, 2.45) is 0 Å². The Morgan fingerprint density at radius 3 is 2.79 bits per heavy atom. The SMILES string of the molecule is COCCCSCCc1ccncc1. The number of hydrogen-bond acceptors (Lipinski definition) is 3. The molecule has 0 N–H and O–H groups in total. The summed E-state index contributed by atoms with van der Waals surface area (Å²) in [7, 11) is 1.75. The maximum atomic E-state index is 4.99. The molecule has 0 saturated heterocycles. The van der Waals surface area contributed by atoms with Crippen molar-refractivity contribution in [1.29, 1.82) is 0 Å². The number of pyridine rings is 1. The Balaban J connectivity index is 1.99. The van der Waals surface area contributed by atoms with Crippen molar-refractivity contribution in [3.8, 4) is 0 Å². The van der Waals surface area contributed by atoms with Crippen molar-refractivity contribution in [1.82, 2.24) is 4.98 Å². The molecule has 0 bridgehead atoms. The summed E-state index contributed by atoms with van der Waals surface area (Å²) in [6.07, 6.45) is 5.99. The van der Waals surface area contributed by atoms with E-state index in [1.807, 2.05) is 24.2 Å². The van der Waals surface area contributed by atoms with Crippen LogP contribution in [0.15, 0.2) is 24.5 Å². The van der Waals surface area contributed by atoms with Crippen molar-refractivity contribution in [2.75, 3.05) is 25.2 Å². The van der Waals surface area contributed by atoms with E-state index in [9.17, 15) is 0 Å². The van der Waals surface area contributed by atoms with E-state index in [1.165, 1.54) is 17.1 Å². The molecule has 0 unspecified atom stereocenters. The Morgan fingerprint density at radius 2 is 2.07 bits per heavy atom. The van der Waals surface area contributed by atoms with Gasteiger partial charge in [0.1, 0.15) is 0 Å². The molecule has 0 atom stereocenters. The first-order chi connectivity index (χ1) is 6.93. The van der Waals surface area contributed by atoms with Crippen LogP contribution >= 0.6 is 11.8 Å². The van der Waals surface area contributed by atoms with Crippen LogP contribution in [-0.4, -0.2) is 30.2 Å². The lowest BCUT2D eigenvalue weighted by Gasteiger charge is -2.01. The molecule has 0 aromatic carbocycles. The van der Waals surface area contributed by atoms with Gasteiger partial charge in [-0.15, -0.1) is 0 Å². The van der Waals surface area contributed by atoms with Crippen LogP contribution in [-0.2, 0) is 11.2 Å². The molecule has 0 radical (unpaired) electrons. The Morgan fingerprint density at radius 1 is 1.29 bits per heavy atom. The fourth-order valence-electron chi connectivity index (χ4n) is 1.15. The first kappa shape index (κ1) is 11.5. The lowest BCUT2D eigenvalue weighted by Crippen LogP contribution is -1.93. The van der Waals surface area contributed by atoms with Gasteiger partial charge in [-0.1, -0.05) is 0 Å². The van der Waals surface area contributed by atoms with E-state index < -0.39 is 0 Å². The van der Waals surface area contributed by atoms with Gasteiger partial charge in [-0.05, 0) is 42.0 Å². The highest BCUT2D eigenvalue weighted by atomic mass is 32.2. The van der Waals surface area contributed by atoms with E-state index in [1.54, 1.807) is 7.11 Å². The molecule has 2 nitrogen and oxygen atoms in total. The van der Waals surface area contributed by atoms with Crippen LogP contribution in [0.4, 0.5) is 0 Å². The fourth-order valence-corrected chi connectivity index (χ4v) is 2.05. The van der Waals surface area contributed by atoms with Crippen molar-refractivity contribution in [3.63, 3.8) is 0 Å². The summed E-state index contributed by atoms with van der Waals surface area (Å²) in [4.78, 5) is 3.99. The largest absolute Gasteiger partial charge is 0.385 e. The Hall–Kier alpha value is -0.540. The molecule has 78 valence electrons. The average Bonchev–Trinajstić information content (AvgIpc) is 2.25. The number of aromatic nitrogens is 1. The van der Waals surface area contributed by atoms with E-state index >= 15 is 0 Å². The van der Waals surface area contributed by atoms with Gasteiger partial charge in [0.05, 0.1) is 0 Å². The van der Waals surface area contributed by atoms with Crippen LogP contribution in [0.1, 0.15) is 12.0 Å². The number of methoxy groups -OCH3 is 1. The first-order valence-corrected chi connectivity index (χ1v) is 6.04. The van der Waals surface area contributed by atoms with Gasteiger partial charge in [0, 0.05) is 26.1 Å². The highest BCUT2D eigenvalue weighted by Gasteiger charge is 1.92. The van der Waals surface area contributed by atoms with Crippen LogP contribution in [0, 0.1) is 0 Å². The van der Waals surface area contributed by atoms with Crippen LogP contribution in [0.25, 0.3) is 0 Å². The zero-order valence-electron chi connectivity index (χ0n) is 8.61. The minimum absolute atomic E-state index is 0.877. The number of nitrogens with zero attached hydrogens (tertiary/aromatic N) is 1. The van der Waals surface area contributed by atoms with Gasteiger partial charge in [0.25, 0.3) is 0 Å². The van der Waals surface area contributed by atoms with Crippen molar-refractivity contribution in [2.45, 2.75) is 12.8 Å². The average molecular weight is 211 g/mol. The number of aryl methyl sites for hydroxylation is 1. The van der Waals surface area contributed by atoms with Crippen LogP contribution in [0.5, 0.6) is 0 Å². The monoisotopic (exact) mass is 211 g/mol. The third-order valence-electron chi connectivity index (χ3n) is 1.92. The molecule has 3 heteroatoms. The summed E-state index contributed by atoms with van der Waals surface area (Å²) in [5.74, 6) is 2.38. The molecule has 1 aromatic heterocycles. The Labute approximate surface area is 90.1 Å². The van der Waals surface area contributed by atoms with Crippen molar-refractivity contribution in [3.05, 3.63) is 30.1 Å². The third kappa shape index (κ3) is 5.25. The molecule has 0 aliphatic rings. The first-order valence-electron chi connectivity index (χ1n) is 4.89. The van der Waals surface area contributed by atoms with E-state index in [4.69, 9.17) is 4.74 Å². The molecular weight excluding hydrogens is 194 g/mol. The number of hydrogen-bond donors (Lipinski definition) is 0. The predicted octanol–water partition coefficient (Wildman–Crippen LogP) is 2.39. The Kier molecular flexibility index (Phi) is 6.45. The number of thioether (sulfide) groups is 1. The molecular formula is C11H17NOS. The zero-order valence-corrected chi connectivity index (χ0v) is 9.43. The molecule has 0 aliphatic carbocycles. The fraction of sp³-hybridized carbons (Fsp3) is 0.545. The standard InChI is InChI=1S/C11H17NOS/c1-13-8-2-9-14-10-5-11-3-6-12-7-4-11/h3-4,6-7H,2,5,8-10H2,1H3. The molecule has 0 aliphatic heterocycles. The lowest BCUT2D eigenvalue weighted by molar-refractivity contribution is 0.200. The van der Waals surface area contributed by atoms with Gasteiger partial charge < -0.3 is 4.74 Å².